The summed E-state index contributed by atoms with van der Waals surface area (Å²) in [5, 5.41) is 4.75. The van der Waals surface area contributed by atoms with Crippen molar-refractivity contribution in [3.05, 3.63) is 247 Å². The van der Waals surface area contributed by atoms with Gasteiger partial charge >= 0.3 is 0 Å². The molecular formula is C59H37NO. The summed E-state index contributed by atoms with van der Waals surface area (Å²) >= 11 is 0. The van der Waals surface area contributed by atoms with Crippen LogP contribution >= 0.6 is 0 Å². The van der Waals surface area contributed by atoms with E-state index in [1.54, 1.807) is 0 Å². The Balaban J connectivity index is 1.16. The molecule has 11 aromatic rings. The Bertz CT molecular complexity index is 3560. The number of benzene rings is 10. The zero-order valence-corrected chi connectivity index (χ0v) is 33.2. The highest BCUT2D eigenvalue weighted by Crippen LogP contribution is 2.63. The molecule has 13 rings (SSSR count). The number of para-hydroxylation sites is 2. The Morgan fingerprint density at radius 3 is 1.72 bits per heavy atom. The highest BCUT2D eigenvalue weighted by molar-refractivity contribution is 6.08. The molecule has 284 valence electrons. The lowest BCUT2D eigenvalue weighted by Crippen LogP contribution is -2.29. The van der Waals surface area contributed by atoms with E-state index in [1.807, 2.05) is 6.07 Å². The van der Waals surface area contributed by atoms with Crippen molar-refractivity contribution in [2.45, 2.75) is 5.41 Å². The number of rotatable bonds is 4. The van der Waals surface area contributed by atoms with E-state index < -0.39 is 5.41 Å². The van der Waals surface area contributed by atoms with Gasteiger partial charge in [0.2, 0.25) is 0 Å². The van der Waals surface area contributed by atoms with Crippen LogP contribution in [0.25, 0.3) is 77.2 Å². The molecule has 2 heteroatoms. The first-order valence-corrected chi connectivity index (χ1v) is 21.1. The average Bonchev–Trinajstić information content (AvgIpc) is 3.82. The van der Waals surface area contributed by atoms with Gasteiger partial charge in [0.15, 0.2) is 0 Å². The van der Waals surface area contributed by atoms with Crippen molar-refractivity contribution in [2.24, 2.45) is 0 Å². The van der Waals surface area contributed by atoms with Crippen molar-refractivity contribution in [1.29, 1.82) is 0 Å². The van der Waals surface area contributed by atoms with E-state index in [2.05, 4.69) is 223 Å². The minimum Gasteiger partial charge on any atom is -0.456 e. The van der Waals surface area contributed by atoms with Crippen LogP contribution in [0.3, 0.4) is 0 Å². The zero-order chi connectivity index (χ0) is 40.1. The van der Waals surface area contributed by atoms with Crippen LogP contribution in [0, 0.1) is 0 Å². The molecule has 1 heterocycles. The Kier molecular flexibility index (Phi) is 7.26. The number of hydrogen-bond donors (Lipinski definition) is 0. The fraction of sp³-hybridized carbons (Fsp3) is 0.0169. The van der Waals surface area contributed by atoms with Crippen LogP contribution in [0.15, 0.2) is 229 Å². The van der Waals surface area contributed by atoms with Crippen LogP contribution in [0.5, 0.6) is 0 Å². The van der Waals surface area contributed by atoms with Gasteiger partial charge in [0.05, 0.1) is 11.1 Å². The number of hydrogen-bond acceptors (Lipinski definition) is 2. The van der Waals surface area contributed by atoms with E-state index in [0.717, 1.165) is 50.1 Å². The van der Waals surface area contributed by atoms with Crippen LogP contribution in [0.2, 0.25) is 0 Å². The molecule has 0 aliphatic heterocycles. The van der Waals surface area contributed by atoms with Crippen LogP contribution < -0.4 is 4.90 Å². The lowest BCUT2D eigenvalue weighted by atomic mass is 9.65. The predicted molar refractivity (Wildman–Crippen MR) is 253 cm³/mol. The van der Waals surface area contributed by atoms with Crippen molar-refractivity contribution in [3.8, 4) is 44.5 Å². The molecule has 2 aliphatic rings. The average molecular weight is 776 g/mol. The van der Waals surface area contributed by atoms with Gasteiger partial charge in [-0.25, -0.2) is 0 Å². The fourth-order valence-electron chi connectivity index (χ4n) is 10.8. The third kappa shape index (κ3) is 4.79. The first-order chi connectivity index (χ1) is 30.3. The van der Waals surface area contributed by atoms with Gasteiger partial charge < -0.3 is 9.32 Å². The molecular weight excluding hydrogens is 739 g/mol. The summed E-state index contributed by atoms with van der Waals surface area (Å²) in [5.74, 6) is 0. The van der Waals surface area contributed by atoms with Crippen LogP contribution in [-0.2, 0) is 5.41 Å². The normalized spacial score (nSPS) is 14.6. The summed E-state index contributed by atoms with van der Waals surface area (Å²) in [6, 6.07) is 82.6. The number of fused-ring (bicyclic) bond motifs is 17. The second kappa shape index (κ2) is 13.0. The molecule has 2 nitrogen and oxygen atoms in total. The number of anilines is 3. The van der Waals surface area contributed by atoms with Gasteiger partial charge in [0.25, 0.3) is 0 Å². The quantitative estimate of drug-likeness (QED) is 0.177. The Hall–Kier alpha value is -7.94. The van der Waals surface area contributed by atoms with E-state index in [0.29, 0.717) is 0 Å². The molecule has 0 bridgehead atoms. The van der Waals surface area contributed by atoms with Crippen molar-refractivity contribution in [3.63, 3.8) is 0 Å². The van der Waals surface area contributed by atoms with Gasteiger partial charge in [0.1, 0.15) is 11.2 Å². The molecule has 1 spiro atoms. The van der Waals surface area contributed by atoms with Gasteiger partial charge in [-0.15, -0.1) is 0 Å². The summed E-state index contributed by atoms with van der Waals surface area (Å²) in [7, 11) is 0. The Labute approximate surface area is 354 Å². The maximum atomic E-state index is 6.58. The summed E-state index contributed by atoms with van der Waals surface area (Å²) in [6.07, 6.45) is 0. The Morgan fingerprint density at radius 1 is 0.328 bits per heavy atom. The van der Waals surface area contributed by atoms with Gasteiger partial charge in [0, 0.05) is 33.8 Å². The van der Waals surface area contributed by atoms with E-state index in [4.69, 9.17) is 4.42 Å². The van der Waals surface area contributed by atoms with E-state index >= 15 is 0 Å². The van der Waals surface area contributed by atoms with Gasteiger partial charge in [-0.1, -0.05) is 182 Å². The van der Waals surface area contributed by atoms with E-state index in [9.17, 15) is 0 Å². The monoisotopic (exact) mass is 775 g/mol. The van der Waals surface area contributed by atoms with Crippen molar-refractivity contribution < 1.29 is 4.42 Å². The van der Waals surface area contributed by atoms with Crippen molar-refractivity contribution in [1.82, 2.24) is 0 Å². The highest BCUT2D eigenvalue weighted by Gasteiger charge is 2.50. The maximum absolute atomic E-state index is 6.58. The molecule has 0 radical (unpaired) electrons. The molecule has 10 aromatic carbocycles. The van der Waals surface area contributed by atoms with Crippen molar-refractivity contribution >= 4 is 49.8 Å². The second-order valence-corrected chi connectivity index (χ2v) is 16.3. The van der Waals surface area contributed by atoms with Gasteiger partial charge in [-0.3, -0.25) is 0 Å². The first-order valence-electron chi connectivity index (χ1n) is 21.1. The second-order valence-electron chi connectivity index (χ2n) is 16.3. The Morgan fingerprint density at radius 2 is 0.902 bits per heavy atom. The summed E-state index contributed by atoms with van der Waals surface area (Å²) in [5.41, 5.74) is 19.3. The SMILES string of the molecule is c1ccc(-c2ccccc2N(c2ccc3c(c2)C2(c4ccccc4-c4ccccc4-3)c3ccccc3-c3c2ccc2ccccc32)c2ccc3c(c2)oc2ccccc23)cc1. The largest absolute Gasteiger partial charge is 0.456 e. The van der Waals surface area contributed by atoms with E-state index in [-0.39, 0.29) is 0 Å². The maximum Gasteiger partial charge on any atom is 0.137 e. The third-order valence-electron chi connectivity index (χ3n) is 13.3. The lowest BCUT2D eigenvalue weighted by Gasteiger charge is -2.36. The molecule has 0 saturated heterocycles. The molecule has 0 fully saturated rings. The molecule has 0 saturated carbocycles. The fourth-order valence-corrected chi connectivity index (χ4v) is 10.8. The lowest BCUT2D eigenvalue weighted by molar-refractivity contribution is 0.669. The highest BCUT2D eigenvalue weighted by atomic mass is 16.3. The molecule has 0 amide bonds. The summed E-state index contributed by atoms with van der Waals surface area (Å²) in [4.78, 5) is 2.44. The number of nitrogens with zero attached hydrogens (tertiary/aromatic N) is 1. The smallest absolute Gasteiger partial charge is 0.137 e. The molecule has 1 unspecified atom stereocenters. The van der Waals surface area contributed by atoms with Crippen LogP contribution in [0.4, 0.5) is 17.1 Å². The molecule has 2 aliphatic carbocycles. The van der Waals surface area contributed by atoms with Crippen molar-refractivity contribution in [2.75, 3.05) is 4.90 Å². The first kappa shape index (κ1) is 34.0. The van der Waals surface area contributed by atoms with Crippen LogP contribution in [-0.4, -0.2) is 0 Å². The van der Waals surface area contributed by atoms with Crippen LogP contribution in [0.1, 0.15) is 22.3 Å². The summed E-state index contributed by atoms with van der Waals surface area (Å²) in [6.45, 7) is 0. The predicted octanol–water partition coefficient (Wildman–Crippen LogP) is 15.9. The standard InChI is InChI=1S/C59H37NO/c1-2-16-38(17-3-1)42-19-10-14-28-55(42)60(41-32-34-49-48-24-11-15-29-56(48)61-57(49)37-41)40-31-33-47-45-22-7-6-21-44(45)46-23-8-12-26-51(46)59(54(47)36-40)52-27-13-9-25-50(52)58-43-20-5-4-18-39(43)30-35-53(58)59/h1-37H. The minimum absolute atomic E-state index is 0.635. The third-order valence-corrected chi connectivity index (χ3v) is 13.3. The number of furan rings is 1. The van der Waals surface area contributed by atoms with E-state index in [1.165, 1.54) is 66.4 Å². The van der Waals surface area contributed by atoms with Gasteiger partial charge in [-0.2, -0.15) is 0 Å². The molecule has 0 N–H and O–H groups in total. The van der Waals surface area contributed by atoms with Gasteiger partial charge in [-0.05, 0) is 108 Å². The summed E-state index contributed by atoms with van der Waals surface area (Å²) < 4.78 is 6.58. The molecule has 61 heavy (non-hydrogen) atoms. The zero-order valence-electron chi connectivity index (χ0n) is 33.2. The topological polar surface area (TPSA) is 16.4 Å². The molecule has 1 aromatic heterocycles. The minimum atomic E-state index is -0.635. The molecule has 1 atom stereocenters.